The molecule has 5 nitrogen and oxygen atoms in total. The Bertz CT molecular complexity index is 831. The lowest BCUT2D eigenvalue weighted by molar-refractivity contribution is -0.118. The van der Waals surface area contributed by atoms with Crippen LogP contribution in [0.1, 0.15) is 19.2 Å². The van der Waals surface area contributed by atoms with Crippen molar-refractivity contribution in [2.75, 3.05) is 11.4 Å². The molecule has 128 valence electrons. The van der Waals surface area contributed by atoms with Crippen LogP contribution in [0.2, 0.25) is 0 Å². The Hall–Kier alpha value is -2.47. The lowest BCUT2D eigenvalue weighted by Crippen LogP contribution is -2.31. The van der Waals surface area contributed by atoms with Gasteiger partial charge in [-0.2, -0.15) is 0 Å². The molecule has 25 heavy (non-hydrogen) atoms. The van der Waals surface area contributed by atoms with Gasteiger partial charge < -0.3 is 4.42 Å². The van der Waals surface area contributed by atoms with Gasteiger partial charge in [0.05, 0.1) is 6.20 Å². The Morgan fingerprint density at radius 2 is 1.92 bits per heavy atom. The molecular weight excluding hydrogens is 382 g/mol. The van der Waals surface area contributed by atoms with Gasteiger partial charge in [-0.1, -0.05) is 30.3 Å². The maximum Gasteiger partial charge on any atom is 0.228 e. The summed E-state index contributed by atoms with van der Waals surface area (Å²) in [6.45, 7) is 2.49. The minimum atomic E-state index is -0.00298. The zero-order valence-electron chi connectivity index (χ0n) is 13.9. The average Bonchev–Trinajstić information content (AvgIpc) is 3.12. The highest BCUT2D eigenvalue weighted by atomic mass is 79.9. The fraction of sp³-hybridized carbons (Fsp3) is 0.211. The van der Waals surface area contributed by atoms with Gasteiger partial charge in [-0.15, -0.1) is 0 Å². The van der Waals surface area contributed by atoms with Gasteiger partial charge >= 0.3 is 0 Å². The topological polar surface area (TPSA) is 59.2 Å². The van der Waals surface area contributed by atoms with Crippen molar-refractivity contribution in [2.45, 2.75) is 19.8 Å². The lowest BCUT2D eigenvalue weighted by Gasteiger charge is -2.19. The van der Waals surface area contributed by atoms with Crippen LogP contribution in [-0.4, -0.2) is 22.4 Å². The van der Waals surface area contributed by atoms with E-state index in [2.05, 4.69) is 25.9 Å². The minimum Gasteiger partial charge on any atom is -0.441 e. The van der Waals surface area contributed by atoms with Crippen molar-refractivity contribution in [1.82, 2.24) is 9.97 Å². The van der Waals surface area contributed by atoms with Crippen LogP contribution in [-0.2, 0) is 11.2 Å². The highest BCUT2D eigenvalue weighted by Gasteiger charge is 2.16. The number of hydrogen-bond donors (Lipinski definition) is 0. The second-order valence-electron chi connectivity index (χ2n) is 5.46. The number of hydrogen-bond acceptors (Lipinski definition) is 4. The Labute approximate surface area is 154 Å². The summed E-state index contributed by atoms with van der Waals surface area (Å²) in [5.74, 6) is 1.92. The first-order chi connectivity index (χ1) is 12.2. The van der Waals surface area contributed by atoms with Gasteiger partial charge in [-0.05, 0) is 35.0 Å². The third kappa shape index (κ3) is 4.33. The molecule has 3 aromatic rings. The number of carbonyl (C=O) groups excluding carboxylic acids is 1. The molecule has 0 spiro atoms. The number of pyridine rings is 1. The van der Waals surface area contributed by atoms with E-state index in [0.29, 0.717) is 36.9 Å². The van der Waals surface area contributed by atoms with Crippen molar-refractivity contribution in [1.29, 1.82) is 0 Å². The van der Waals surface area contributed by atoms with Crippen LogP contribution in [0.25, 0.3) is 11.3 Å². The number of anilines is 1. The fourth-order valence-corrected chi connectivity index (χ4v) is 2.74. The molecular formula is C19H18BrN3O2. The normalized spacial score (nSPS) is 10.6. The Morgan fingerprint density at radius 3 is 2.60 bits per heavy atom. The van der Waals surface area contributed by atoms with Crippen molar-refractivity contribution < 1.29 is 9.21 Å². The van der Waals surface area contributed by atoms with Crippen molar-refractivity contribution in [3.63, 3.8) is 0 Å². The number of benzene rings is 1. The molecule has 0 N–H and O–H groups in total. The van der Waals surface area contributed by atoms with Crippen LogP contribution < -0.4 is 4.90 Å². The summed E-state index contributed by atoms with van der Waals surface area (Å²) < 4.78 is 6.63. The molecule has 6 heteroatoms. The van der Waals surface area contributed by atoms with Crippen LogP contribution in [0.4, 0.5) is 5.82 Å². The van der Waals surface area contributed by atoms with E-state index in [9.17, 15) is 4.79 Å². The van der Waals surface area contributed by atoms with E-state index in [-0.39, 0.29) is 5.91 Å². The Kier molecular flexibility index (Phi) is 5.60. The summed E-state index contributed by atoms with van der Waals surface area (Å²) in [5, 5.41) is 0. The van der Waals surface area contributed by atoms with Gasteiger partial charge in [-0.3, -0.25) is 9.69 Å². The highest BCUT2D eigenvalue weighted by Crippen LogP contribution is 2.21. The second-order valence-corrected chi connectivity index (χ2v) is 6.37. The number of halogens is 1. The van der Waals surface area contributed by atoms with Crippen LogP contribution >= 0.6 is 15.9 Å². The van der Waals surface area contributed by atoms with Gasteiger partial charge in [0, 0.05) is 35.6 Å². The number of carbonyl (C=O) groups is 1. The van der Waals surface area contributed by atoms with Gasteiger partial charge in [0.1, 0.15) is 5.82 Å². The smallest absolute Gasteiger partial charge is 0.228 e. The Balaban J connectivity index is 1.63. The van der Waals surface area contributed by atoms with E-state index in [4.69, 9.17) is 4.42 Å². The SMILES string of the molecule is CCN(C(=O)CCc1ncc(-c2ccccc2)o1)c1ccc(Br)cn1. The molecule has 0 bridgehead atoms. The number of rotatable bonds is 6. The van der Waals surface area contributed by atoms with E-state index >= 15 is 0 Å². The average molecular weight is 400 g/mol. The van der Waals surface area contributed by atoms with Crippen LogP contribution in [0.5, 0.6) is 0 Å². The molecule has 0 aliphatic heterocycles. The van der Waals surface area contributed by atoms with E-state index in [1.807, 2.05) is 49.4 Å². The van der Waals surface area contributed by atoms with Gasteiger partial charge in [-0.25, -0.2) is 9.97 Å². The quantitative estimate of drug-likeness (QED) is 0.612. The largest absolute Gasteiger partial charge is 0.441 e. The van der Waals surface area contributed by atoms with Crippen LogP contribution in [0, 0.1) is 0 Å². The molecule has 0 unspecified atom stereocenters. The standard InChI is InChI=1S/C19H18BrN3O2/c1-2-23(17-9-8-15(20)12-21-17)19(24)11-10-18-22-13-16(25-18)14-6-4-3-5-7-14/h3-9,12-13H,2,10-11H2,1H3. The predicted octanol–water partition coefficient (Wildman–Crippen LogP) is 4.48. The molecule has 0 atom stereocenters. The number of nitrogens with zero attached hydrogens (tertiary/aromatic N) is 3. The monoisotopic (exact) mass is 399 g/mol. The van der Waals surface area contributed by atoms with Crippen molar-refractivity contribution in [2.24, 2.45) is 0 Å². The molecule has 2 aromatic heterocycles. The predicted molar refractivity (Wildman–Crippen MR) is 100 cm³/mol. The van der Waals surface area contributed by atoms with Crippen molar-refractivity contribution in [3.8, 4) is 11.3 Å². The van der Waals surface area contributed by atoms with Gasteiger partial charge in [0.15, 0.2) is 11.7 Å². The molecule has 0 aliphatic carbocycles. The minimum absolute atomic E-state index is 0.00298. The van der Waals surface area contributed by atoms with Crippen molar-refractivity contribution in [3.05, 3.63) is 65.2 Å². The summed E-state index contributed by atoms with van der Waals surface area (Å²) in [7, 11) is 0. The summed E-state index contributed by atoms with van der Waals surface area (Å²) in [5.41, 5.74) is 0.974. The van der Waals surface area contributed by atoms with Gasteiger partial charge in [0.2, 0.25) is 5.91 Å². The van der Waals surface area contributed by atoms with E-state index in [1.165, 1.54) is 0 Å². The molecule has 0 saturated heterocycles. The first-order valence-electron chi connectivity index (χ1n) is 8.09. The lowest BCUT2D eigenvalue weighted by atomic mass is 10.2. The summed E-state index contributed by atoms with van der Waals surface area (Å²) in [4.78, 5) is 22.7. The second kappa shape index (κ2) is 8.07. The van der Waals surface area contributed by atoms with E-state index in [1.54, 1.807) is 17.3 Å². The molecule has 1 amide bonds. The molecule has 0 aliphatic rings. The fourth-order valence-electron chi connectivity index (χ4n) is 2.50. The highest BCUT2D eigenvalue weighted by molar-refractivity contribution is 9.10. The zero-order chi connectivity index (χ0) is 17.6. The zero-order valence-corrected chi connectivity index (χ0v) is 15.4. The molecule has 0 fully saturated rings. The van der Waals surface area contributed by atoms with Crippen molar-refractivity contribution >= 4 is 27.7 Å². The number of aryl methyl sites for hydroxylation is 1. The third-order valence-electron chi connectivity index (χ3n) is 3.77. The first kappa shape index (κ1) is 17.4. The van der Waals surface area contributed by atoms with E-state index < -0.39 is 0 Å². The van der Waals surface area contributed by atoms with Gasteiger partial charge in [0.25, 0.3) is 0 Å². The summed E-state index contributed by atoms with van der Waals surface area (Å²) in [6, 6.07) is 13.5. The number of amides is 1. The maximum atomic E-state index is 12.5. The molecule has 3 rings (SSSR count). The van der Waals surface area contributed by atoms with Crippen LogP contribution in [0.3, 0.4) is 0 Å². The first-order valence-corrected chi connectivity index (χ1v) is 8.88. The number of oxazole rings is 1. The van der Waals surface area contributed by atoms with Crippen LogP contribution in [0.15, 0.2) is 63.7 Å². The molecule has 2 heterocycles. The maximum absolute atomic E-state index is 12.5. The summed E-state index contributed by atoms with van der Waals surface area (Å²) in [6.07, 6.45) is 4.16. The Morgan fingerprint density at radius 1 is 1.12 bits per heavy atom. The van der Waals surface area contributed by atoms with E-state index in [0.717, 1.165) is 10.0 Å². The number of aromatic nitrogens is 2. The third-order valence-corrected chi connectivity index (χ3v) is 4.24. The molecule has 0 radical (unpaired) electrons. The molecule has 0 saturated carbocycles. The summed E-state index contributed by atoms with van der Waals surface area (Å²) >= 11 is 3.35. The molecule has 1 aromatic carbocycles.